The highest BCUT2D eigenvalue weighted by Gasteiger charge is 2.23. The number of anilines is 1. The summed E-state index contributed by atoms with van der Waals surface area (Å²) >= 11 is 0. The van der Waals surface area contributed by atoms with Crippen molar-refractivity contribution in [2.24, 2.45) is 14.1 Å². The molecule has 1 aromatic rings. The zero-order chi connectivity index (χ0) is 15.6. The van der Waals surface area contributed by atoms with Crippen LogP contribution in [-0.2, 0) is 23.6 Å². The Kier molecular flexibility index (Phi) is 4.46. The number of carbonyl (C=O) groups is 1. The van der Waals surface area contributed by atoms with Gasteiger partial charge in [-0.25, -0.2) is 4.79 Å². The molecule has 1 aliphatic rings. The summed E-state index contributed by atoms with van der Waals surface area (Å²) in [7, 11) is 4.58. The van der Waals surface area contributed by atoms with E-state index in [1.165, 1.54) is 24.8 Å². The van der Waals surface area contributed by atoms with Gasteiger partial charge in [-0.15, -0.1) is 0 Å². The van der Waals surface area contributed by atoms with Crippen molar-refractivity contribution in [3.05, 3.63) is 26.9 Å². The van der Waals surface area contributed by atoms with Crippen LogP contribution in [0.4, 0.5) is 5.82 Å². The normalized spacial score (nSPS) is 15.4. The average Bonchev–Trinajstić information content (AvgIpc) is 2.49. The summed E-state index contributed by atoms with van der Waals surface area (Å²) in [6, 6.07) is 1.45. The zero-order valence-corrected chi connectivity index (χ0v) is 12.5. The number of nitrogens with zero attached hydrogens (tertiary/aromatic N) is 4. The van der Waals surface area contributed by atoms with Gasteiger partial charge in [-0.05, 0) is 0 Å². The largest absolute Gasteiger partial charge is 0.375 e. The van der Waals surface area contributed by atoms with Crippen LogP contribution >= 0.6 is 0 Å². The van der Waals surface area contributed by atoms with E-state index in [1.54, 1.807) is 11.9 Å². The second-order valence-electron chi connectivity index (χ2n) is 5.04. The van der Waals surface area contributed by atoms with Crippen LogP contribution in [0.1, 0.15) is 0 Å². The summed E-state index contributed by atoms with van der Waals surface area (Å²) < 4.78 is 7.36. The molecule has 0 atom stereocenters. The molecule has 2 heterocycles. The quantitative estimate of drug-likeness (QED) is 0.670. The lowest BCUT2D eigenvalue weighted by Crippen LogP contribution is -2.51. The van der Waals surface area contributed by atoms with Crippen molar-refractivity contribution in [2.75, 3.05) is 44.8 Å². The predicted octanol–water partition coefficient (Wildman–Crippen LogP) is -1.62. The van der Waals surface area contributed by atoms with E-state index < -0.39 is 0 Å². The van der Waals surface area contributed by atoms with Crippen LogP contribution < -0.4 is 16.1 Å². The van der Waals surface area contributed by atoms with Gasteiger partial charge in [0.2, 0.25) is 5.91 Å². The minimum Gasteiger partial charge on any atom is -0.375 e. The first-order chi connectivity index (χ1) is 9.95. The molecule has 0 N–H and O–H groups in total. The van der Waals surface area contributed by atoms with E-state index in [1.807, 2.05) is 4.90 Å². The minimum absolute atomic E-state index is 0.0463. The molecule has 0 spiro atoms. The standard InChI is InChI=1S/C13H20N4O4/c1-14-10(8-11(18)15(2)13(14)20)16-4-6-17(7-5-16)12(19)9-21-3/h8H,4-7,9H2,1-3H3. The Balaban J connectivity index is 2.15. The highest BCUT2D eigenvalue weighted by atomic mass is 16.5. The number of ether oxygens (including phenoxy) is 1. The highest BCUT2D eigenvalue weighted by molar-refractivity contribution is 5.77. The van der Waals surface area contributed by atoms with Crippen LogP contribution in [0.3, 0.4) is 0 Å². The molecule has 2 rings (SSSR count). The molecule has 1 aromatic heterocycles. The topological polar surface area (TPSA) is 76.8 Å². The Morgan fingerprint density at radius 1 is 1.14 bits per heavy atom. The van der Waals surface area contributed by atoms with Crippen molar-refractivity contribution >= 4 is 11.7 Å². The van der Waals surface area contributed by atoms with Crippen molar-refractivity contribution < 1.29 is 9.53 Å². The summed E-state index contributed by atoms with van der Waals surface area (Å²) in [5.74, 6) is 0.539. The van der Waals surface area contributed by atoms with E-state index >= 15 is 0 Å². The number of aromatic nitrogens is 2. The first-order valence-corrected chi connectivity index (χ1v) is 6.74. The lowest BCUT2D eigenvalue weighted by molar-refractivity contribution is -0.135. The molecule has 1 amide bonds. The molecule has 0 unspecified atom stereocenters. The van der Waals surface area contributed by atoms with Crippen LogP contribution in [0.15, 0.2) is 15.7 Å². The number of hydrogen-bond acceptors (Lipinski definition) is 5. The summed E-state index contributed by atoms with van der Waals surface area (Å²) in [6.07, 6.45) is 0. The summed E-state index contributed by atoms with van der Waals surface area (Å²) in [5.41, 5.74) is -0.679. The zero-order valence-electron chi connectivity index (χ0n) is 12.5. The fourth-order valence-corrected chi connectivity index (χ4v) is 2.42. The Bertz CT molecular complexity index is 641. The van der Waals surface area contributed by atoms with Gasteiger partial charge in [0.15, 0.2) is 0 Å². The van der Waals surface area contributed by atoms with Gasteiger partial charge in [-0.3, -0.25) is 18.7 Å². The average molecular weight is 296 g/mol. The van der Waals surface area contributed by atoms with Gasteiger partial charge in [0.1, 0.15) is 12.4 Å². The SMILES string of the molecule is COCC(=O)N1CCN(c2cc(=O)n(C)c(=O)n2C)CC1. The van der Waals surface area contributed by atoms with Crippen molar-refractivity contribution in [1.82, 2.24) is 14.0 Å². The first-order valence-electron chi connectivity index (χ1n) is 6.74. The maximum atomic E-state index is 11.9. The number of piperazine rings is 1. The lowest BCUT2D eigenvalue weighted by Gasteiger charge is -2.36. The highest BCUT2D eigenvalue weighted by Crippen LogP contribution is 2.12. The van der Waals surface area contributed by atoms with E-state index in [9.17, 15) is 14.4 Å². The van der Waals surface area contributed by atoms with Crippen molar-refractivity contribution in [3.8, 4) is 0 Å². The molecule has 8 nitrogen and oxygen atoms in total. The lowest BCUT2D eigenvalue weighted by atomic mass is 10.3. The van der Waals surface area contributed by atoms with E-state index in [0.717, 1.165) is 4.57 Å². The van der Waals surface area contributed by atoms with E-state index in [4.69, 9.17) is 4.74 Å². The Morgan fingerprint density at radius 3 is 2.33 bits per heavy atom. The monoisotopic (exact) mass is 296 g/mol. The number of hydrogen-bond donors (Lipinski definition) is 0. The second kappa shape index (κ2) is 6.13. The van der Waals surface area contributed by atoms with Gasteiger partial charge in [0.05, 0.1) is 0 Å². The number of rotatable bonds is 3. The third kappa shape index (κ3) is 2.99. The van der Waals surface area contributed by atoms with Gasteiger partial charge in [-0.2, -0.15) is 0 Å². The number of carbonyl (C=O) groups excluding carboxylic acids is 1. The molecule has 0 aromatic carbocycles. The van der Waals surface area contributed by atoms with Crippen LogP contribution in [0.25, 0.3) is 0 Å². The van der Waals surface area contributed by atoms with Gasteiger partial charge >= 0.3 is 5.69 Å². The second-order valence-corrected chi connectivity index (χ2v) is 5.04. The van der Waals surface area contributed by atoms with E-state index in [0.29, 0.717) is 32.0 Å². The van der Waals surface area contributed by atoms with Crippen LogP contribution in [0.5, 0.6) is 0 Å². The molecule has 1 saturated heterocycles. The van der Waals surface area contributed by atoms with Gasteiger partial charge in [-0.1, -0.05) is 0 Å². The molecule has 0 aliphatic carbocycles. The van der Waals surface area contributed by atoms with Crippen LogP contribution in [0.2, 0.25) is 0 Å². The van der Waals surface area contributed by atoms with Crippen molar-refractivity contribution in [3.63, 3.8) is 0 Å². The fraction of sp³-hybridized carbons (Fsp3) is 0.615. The Labute approximate surface area is 122 Å². The van der Waals surface area contributed by atoms with Crippen molar-refractivity contribution in [2.45, 2.75) is 0 Å². The third-order valence-electron chi connectivity index (χ3n) is 3.72. The molecular formula is C13H20N4O4. The molecule has 1 fully saturated rings. The Morgan fingerprint density at radius 2 is 1.76 bits per heavy atom. The molecule has 0 radical (unpaired) electrons. The van der Waals surface area contributed by atoms with Gasteiger partial charge in [0.25, 0.3) is 5.56 Å². The molecule has 21 heavy (non-hydrogen) atoms. The van der Waals surface area contributed by atoms with Gasteiger partial charge < -0.3 is 14.5 Å². The summed E-state index contributed by atoms with van der Waals surface area (Å²) in [5, 5.41) is 0. The molecule has 8 heteroatoms. The molecule has 0 saturated carbocycles. The minimum atomic E-state index is -0.351. The Hall–Kier alpha value is -2.09. The molecule has 1 aliphatic heterocycles. The third-order valence-corrected chi connectivity index (χ3v) is 3.72. The van der Waals surface area contributed by atoms with Crippen LogP contribution in [0, 0.1) is 0 Å². The number of methoxy groups -OCH3 is 1. The smallest absolute Gasteiger partial charge is 0.332 e. The summed E-state index contributed by atoms with van der Waals surface area (Å²) in [4.78, 5) is 39.1. The molecule has 0 bridgehead atoms. The molecule has 116 valence electrons. The number of amides is 1. The molecular weight excluding hydrogens is 276 g/mol. The first kappa shape index (κ1) is 15.3. The van der Waals surface area contributed by atoms with E-state index in [-0.39, 0.29) is 23.8 Å². The maximum absolute atomic E-state index is 11.9. The predicted molar refractivity (Wildman–Crippen MR) is 77.6 cm³/mol. The maximum Gasteiger partial charge on any atom is 0.332 e. The van der Waals surface area contributed by atoms with E-state index in [2.05, 4.69) is 0 Å². The van der Waals surface area contributed by atoms with Crippen molar-refractivity contribution in [1.29, 1.82) is 0 Å². The fourth-order valence-electron chi connectivity index (χ4n) is 2.42. The summed E-state index contributed by atoms with van der Waals surface area (Å²) in [6.45, 7) is 2.33. The van der Waals surface area contributed by atoms with Crippen LogP contribution in [-0.4, -0.2) is 59.8 Å². The van der Waals surface area contributed by atoms with Gasteiger partial charge in [0, 0.05) is 53.5 Å².